The van der Waals surface area contributed by atoms with Gasteiger partial charge in [0.25, 0.3) is 0 Å². The highest BCUT2D eigenvalue weighted by molar-refractivity contribution is 5.78. The Hall–Kier alpha value is -1.35. The monoisotopic (exact) mass is 275 g/mol. The molecule has 1 atom stereocenters. The maximum Gasteiger partial charge on any atom is 0.313 e. The molecule has 20 heavy (non-hydrogen) atoms. The first kappa shape index (κ1) is 15.0. The van der Waals surface area contributed by atoms with E-state index in [1.807, 2.05) is 19.1 Å². The summed E-state index contributed by atoms with van der Waals surface area (Å²) in [6.07, 6.45) is 2.76. The second kappa shape index (κ2) is 6.40. The summed E-state index contributed by atoms with van der Waals surface area (Å²) in [4.78, 5) is 14.8. The number of hydrogen-bond donors (Lipinski definition) is 0. The van der Waals surface area contributed by atoms with Crippen molar-refractivity contribution in [2.75, 3.05) is 26.7 Å². The number of benzene rings is 1. The third-order valence-corrected chi connectivity index (χ3v) is 4.27. The van der Waals surface area contributed by atoms with Crippen LogP contribution in [0.4, 0.5) is 0 Å². The molecule has 0 amide bonds. The molecule has 0 aromatic heterocycles. The van der Waals surface area contributed by atoms with E-state index in [0.29, 0.717) is 6.61 Å². The number of esters is 1. The standard InChI is InChI=1S/C17H25NO2/c1-4-20-16(19)17(10-7-11-18(3)13-17)12-15-9-6-5-8-14(15)2/h5-6,8-9H,4,7,10-13H2,1-3H3. The van der Waals surface area contributed by atoms with Gasteiger partial charge in [0.2, 0.25) is 0 Å². The van der Waals surface area contributed by atoms with Gasteiger partial charge in [-0.25, -0.2) is 0 Å². The van der Waals surface area contributed by atoms with Gasteiger partial charge in [0.05, 0.1) is 12.0 Å². The highest BCUT2D eigenvalue weighted by Crippen LogP contribution is 2.35. The summed E-state index contributed by atoms with van der Waals surface area (Å²) in [6.45, 7) is 6.31. The second-order valence-electron chi connectivity index (χ2n) is 5.95. The van der Waals surface area contributed by atoms with Crippen molar-refractivity contribution in [3.05, 3.63) is 35.4 Å². The van der Waals surface area contributed by atoms with Crippen molar-refractivity contribution in [2.45, 2.75) is 33.1 Å². The topological polar surface area (TPSA) is 29.5 Å². The van der Waals surface area contributed by atoms with E-state index in [1.54, 1.807) is 0 Å². The van der Waals surface area contributed by atoms with Crippen molar-refractivity contribution in [3.8, 4) is 0 Å². The molecule has 1 heterocycles. The van der Waals surface area contributed by atoms with E-state index in [-0.39, 0.29) is 11.4 Å². The molecule has 3 heteroatoms. The van der Waals surface area contributed by atoms with E-state index in [1.165, 1.54) is 11.1 Å². The third kappa shape index (κ3) is 3.21. The predicted molar refractivity (Wildman–Crippen MR) is 80.7 cm³/mol. The van der Waals surface area contributed by atoms with Crippen LogP contribution in [0.5, 0.6) is 0 Å². The minimum absolute atomic E-state index is 0.0326. The fourth-order valence-electron chi connectivity index (χ4n) is 3.20. The van der Waals surface area contributed by atoms with Crippen LogP contribution in [0.2, 0.25) is 0 Å². The van der Waals surface area contributed by atoms with Crippen molar-refractivity contribution in [2.24, 2.45) is 5.41 Å². The Balaban J connectivity index is 2.27. The molecule has 2 rings (SSSR count). The summed E-state index contributed by atoms with van der Waals surface area (Å²) in [5.74, 6) is -0.0326. The molecule has 0 radical (unpaired) electrons. The van der Waals surface area contributed by atoms with Crippen LogP contribution in [-0.2, 0) is 16.0 Å². The first-order valence-corrected chi connectivity index (χ1v) is 7.48. The smallest absolute Gasteiger partial charge is 0.313 e. The van der Waals surface area contributed by atoms with Gasteiger partial charge in [0.1, 0.15) is 0 Å². The minimum atomic E-state index is -0.380. The quantitative estimate of drug-likeness (QED) is 0.791. The number of hydrogen-bond acceptors (Lipinski definition) is 3. The summed E-state index contributed by atoms with van der Waals surface area (Å²) >= 11 is 0. The van der Waals surface area contributed by atoms with Crippen LogP contribution in [0.1, 0.15) is 30.9 Å². The van der Waals surface area contributed by atoms with Gasteiger partial charge in [0.15, 0.2) is 0 Å². The van der Waals surface area contributed by atoms with Gasteiger partial charge in [-0.1, -0.05) is 24.3 Å². The van der Waals surface area contributed by atoms with E-state index < -0.39 is 0 Å². The molecule has 110 valence electrons. The fourth-order valence-corrected chi connectivity index (χ4v) is 3.20. The molecule has 0 N–H and O–H groups in total. The SMILES string of the molecule is CCOC(=O)C1(Cc2ccccc2C)CCCN(C)C1. The van der Waals surface area contributed by atoms with Gasteiger partial charge in [-0.2, -0.15) is 0 Å². The van der Waals surface area contributed by atoms with Gasteiger partial charge >= 0.3 is 5.97 Å². The van der Waals surface area contributed by atoms with Gasteiger partial charge < -0.3 is 9.64 Å². The Bertz CT molecular complexity index is 472. The third-order valence-electron chi connectivity index (χ3n) is 4.27. The number of likely N-dealkylation sites (tertiary alicyclic amines) is 1. The first-order valence-electron chi connectivity index (χ1n) is 7.48. The number of rotatable bonds is 4. The Labute approximate surface area is 121 Å². The average molecular weight is 275 g/mol. The second-order valence-corrected chi connectivity index (χ2v) is 5.95. The van der Waals surface area contributed by atoms with E-state index in [2.05, 4.69) is 31.0 Å². The van der Waals surface area contributed by atoms with Crippen molar-refractivity contribution in [1.29, 1.82) is 0 Å². The number of aryl methyl sites for hydroxylation is 1. The lowest BCUT2D eigenvalue weighted by molar-refractivity contribution is -0.158. The summed E-state index contributed by atoms with van der Waals surface area (Å²) < 4.78 is 5.38. The molecular weight excluding hydrogens is 250 g/mol. The van der Waals surface area contributed by atoms with Gasteiger partial charge in [0, 0.05) is 6.54 Å². The van der Waals surface area contributed by atoms with Gasteiger partial charge in [-0.05, 0) is 57.8 Å². The van der Waals surface area contributed by atoms with Crippen LogP contribution in [0.3, 0.4) is 0 Å². The van der Waals surface area contributed by atoms with Crippen LogP contribution in [0.25, 0.3) is 0 Å². The number of carbonyl (C=O) groups is 1. The van der Waals surface area contributed by atoms with Crippen molar-refractivity contribution < 1.29 is 9.53 Å². The predicted octanol–water partition coefficient (Wildman–Crippen LogP) is 2.81. The summed E-state index contributed by atoms with van der Waals surface area (Å²) in [5, 5.41) is 0. The molecule has 1 aliphatic rings. The Morgan fingerprint density at radius 1 is 1.40 bits per heavy atom. The van der Waals surface area contributed by atoms with Crippen LogP contribution in [0.15, 0.2) is 24.3 Å². The lowest BCUT2D eigenvalue weighted by atomic mass is 9.74. The van der Waals surface area contributed by atoms with Crippen LogP contribution < -0.4 is 0 Å². The number of ether oxygens (including phenoxy) is 1. The molecule has 1 aromatic carbocycles. The normalized spacial score (nSPS) is 23.6. The average Bonchev–Trinajstić information content (AvgIpc) is 2.42. The van der Waals surface area contributed by atoms with Crippen molar-refractivity contribution in [1.82, 2.24) is 4.90 Å². The Morgan fingerprint density at radius 2 is 2.15 bits per heavy atom. The summed E-state index contributed by atoms with van der Waals surface area (Å²) in [6, 6.07) is 8.34. The maximum atomic E-state index is 12.5. The van der Waals surface area contributed by atoms with Crippen LogP contribution in [-0.4, -0.2) is 37.6 Å². The van der Waals surface area contributed by atoms with Crippen LogP contribution in [0, 0.1) is 12.3 Å². The molecule has 1 aromatic rings. The Kier molecular flexibility index (Phi) is 4.81. The van der Waals surface area contributed by atoms with Crippen molar-refractivity contribution >= 4 is 5.97 Å². The van der Waals surface area contributed by atoms with E-state index in [0.717, 1.165) is 32.4 Å². The largest absolute Gasteiger partial charge is 0.466 e. The van der Waals surface area contributed by atoms with Gasteiger partial charge in [-0.15, -0.1) is 0 Å². The summed E-state index contributed by atoms with van der Waals surface area (Å²) in [5.41, 5.74) is 2.13. The first-order chi connectivity index (χ1) is 9.57. The molecule has 3 nitrogen and oxygen atoms in total. The molecule has 0 spiro atoms. The zero-order chi connectivity index (χ0) is 14.6. The molecule has 0 aliphatic carbocycles. The molecule has 1 saturated heterocycles. The minimum Gasteiger partial charge on any atom is -0.466 e. The highest BCUT2D eigenvalue weighted by atomic mass is 16.5. The van der Waals surface area contributed by atoms with E-state index >= 15 is 0 Å². The number of carbonyl (C=O) groups excluding carboxylic acids is 1. The lowest BCUT2D eigenvalue weighted by Crippen LogP contribution is -2.48. The summed E-state index contributed by atoms with van der Waals surface area (Å²) in [7, 11) is 2.09. The Morgan fingerprint density at radius 3 is 2.80 bits per heavy atom. The number of nitrogens with zero attached hydrogens (tertiary/aromatic N) is 1. The molecule has 1 unspecified atom stereocenters. The molecule has 0 saturated carbocycles. The highest BCUT2D eigenvalue weighted by Gasteiger charge is 2.42. The van der Waals surface area contributed by atoms with E-state index in [4.69, 9.17) is 4.74 Å². The fraction of sp³-hybridized carbons (Fsp3) is 0.588. The molecule has 1 fully saturated rings. The zero-order valence-corrected chi connectivity index (χ0v) is 12.8. The molecular formula is C17H25NO2. The lowest BCUT2D eigenvalue weighted by Gasteiger charge is -2.39. The number of piperidine rings is 1. The van der Waals surface area contributed by atoms with Crippen molar-refractivity contribution in [3.63, 3.8) is 0 Å². The molecule has 1 aliphatic heterocycles. The van der Waals surface area contributed by atoms with Crippen LogP contribution >= 0.6 is 0 Å². The maximum absolute atomic E-state index is 12.5. The zero-order valence-electron chi connectivity index (χ0n) is 12.8. The molecule has 0 bridgehead atoms. The van der Waals surface area contributed by atoms with Gasteiger partial charge in [-0.3, -0.25) is 4.79 Å². The van der Waals surface area contributed by atoms with E-state index in [9.17, 15) is 4.79 Å².